The number of rotatable bonds is 5. The van der Waals surface area contributed by atoms with Crippen LogP contribution in [0, 0.1) is 5.82 Å². The van der Waals surface area contributed by atoms with Crippen molar-refractivity contribution in [1.29, 1.82) is 0 Å². The third-order valence-corrected chi connectivity index (χ3v) is 3.97. The minimum Gasteiger partial charge on any atom is -0.462 e. The Morgan fingerprint density at radius 1 is 0.885 bits per heavy atom. The predicted molar refractivity (Wildman–Crippen MR) is 97.7 cm³/mol. The second kappa shape index (κ2) is 7.74. The first-order valence-electron chi connectivity index (χ1n) is 8.27. The van der Waals surface area contributed by atoms with Gasteiger partial charge in [-0.3, -0.25) is 4.79 Å². The zero-order valence-electron chi connectivity index (χ0n) is 14.2. The molecule has 0 saturated heterocycles. The van der Waals surface area contributed by atoms with E-state index in [0.29, 0.717) is 34.4 Å². The summed E-state index contributed by atoms with van der Waals surface area (Å²) in [4.78, 5) is 24.6. The van der Waals surface area contributed by atoms with Gasteiger partial charge in [-0.2, -0.15) is 0 Å². The average molecular weight is 348 g/mol. The molecule has 0 bridgehead atoms. The van der Waals surface area contributed by atoms with Crippen LogP contribution in [0.15, 0.2) is 72.8 Å². The highest BCUT2D eigenvalue weighted by Gasteiger charge is 2.16. The van der Waals surface area contributed by atoms with Crippen molar-refractivity contribution in [3.8, 4) is 11.1 Å². The Morgan fingerprint density at radius 3 is 2.23 bits per heavy atom. The van der Waals surface area contributed by atoms with Crippen molar-refractivity contribution < 1.29 is 18.7 Å². The Balaban J connectivity index is 2.01. The van der Waals surface area contributed by atoms with Gasteiger partial charge in [0, 0.05) is 11.1 Å². The van der Waals surface area contributed by atoms with Crippen molar-refractivity contribution in [1.82, 2.24) is 0 Å². The van der Waals surface area contributed by atoms with Crippen LogP contribution in [-0.4, -0.2) is 18.4 Å². The van der Waals surface area contributed by atoms with E-state index in [4.69, 9.17) is 4.74 Å². The molecule has 26 heavy (non-hydrogen) atoms. The van der Waals surface area contributed by atoms with Crippen LogP contribution < -0.4 is 0 Å². The fourth-order valence-electron chi connectivity index (χ4n) is 2.70. The van der Waals surface area contributed by atoms with Crippen molar-refractivity contribution in [3.05, 3.63) is 95.3 Å². The summed E-state index contributed by atoms with van der Waals surface area (Å²) in [5, 5.41) is 0. The third-order valence-electron chi connectivity index (χ3n) is 3.97. The van der Waals surface area contributed by atoms with Gasteiger partial charge in [-0.25, -0.2) is 9.18 Å². The Hall–Kier alpha value is -3.27. The summed E-state index contributed by atoms with van der Waals surface area (Å²) in [7, 11) is 0. The molecule has 0 amide bonds. The van der Waals surface area contributed by atoms with E-state index in [1.165, 1.54) is 18.2 Å². The maximum absolute atomic E-state index is 13.8. The summed E-state index contributed by atoms with van der Waals surface area (Å²) in [6, 6.07) is 19.5. The standard InChI is InChI=1S/C22H17FO3/c1-2-26-22(25)17-10-8-15(9-11-17)20-14-18(23)12-13-19(20)21(24)16-6-4-3-5-7-16/h3-14H,2H2,1H3. The van der Waals surface area contributed by atoms with Crippen LogP contribution in [0.3, 0.4) is 0 Å². The fourth-order valence-corrected chi connectivity index (χ4v) is 2.70. The van der Waals surface area contributed by atoms with Crippen LogP contribution >= 0.6 is 0 Å². The van der Waals surface area contributed by atoms with Gasteiger partial charge in [-0.1, -0.05) is 42.5 Å². The smallest absolute Gasteiger partial charge is 0.338 e. The number of ether oxygens (including phenoxy) is 1. The first-order valence-corrected chi connectivity index (χ1v) is 8.27. The van der Waals surface area contributed by atoms with Gasteiger partial charge in [0.2, 0.25) is 0 Å². The lowest BCUT2D eigenvalue weighted by Gasteiger charge is -2.10. The van der Waals surface area contributed by atoms with Crippen molar-refractivity contribution >= 4 is 11.8 Å². The Kier molecular flexibility index (Phi) is 5.23. The van der Waals surface area contributed by atoms with E-state index in [-0.39, 0.29) is 5.78 Å². The first kappa shape index (κ1) is 17.5. The molecule has 3 rings (SSSR count). The van der Waals surface area contributed by atoms with E-state index >= 15 is 0 Å². The van der Waals surface area contributed by atoms with Gasteiger partial charge in [0.15, 0.2) is 5.78 Å². The molecule has 0 fully saturated rings. The zero-order chi connectivity index (χ0) is 18.5. The van der Waals surface area contributed by atoms with E-state index in [9.17, 15) is 14.0 Å². The highest BCUT2D eigenvalue weighted by atomic mass is 19.1. The predicted octanol–water partition coefficient (Wildman–Crippen LogP) is 4.90. The maximum atomic E-state index is 13.8. The molecule has 4 heteroatoms. The van der Waals surface area contributed by atoms with Crippen LogP contribution in [0.2, 0.25) is 0 Å². The molecule has 0 heterocycles. The molecule has 0 aliphatic heterocycles. The second-order valence-corrected chi connectivity index (χ2v) is 5.68. The summed E-state index contributed by atoms with van der Waals surface area (Å²) in [5.41, 5.74) is 2.47. The van der Waals surface area contributed by atoms with Crippen LogP contribution in [-0.2, 0) is 4.74 Å². The SMILES string of the molecule is CCOC(=O)c1ccc(-c2cc(F)ccc2C(=O)c2ccccc2)cc1. The van der Waals surface area contributed by atoms with Gasteiger partial charge in [-0.15, -0.1) is 0 Å². The van der Waals surface area contributed by atoms with Gasteiger partial charge in [0.05, 0.1) is 12.2 Å². The van der Waals surface area contributed by atoms with Gasteiger partial charge in [0.1, 0.15) is 5.82 Å². The largest absolute Gasteiger partial charge is 0.462 e. The maximum Gasteiger partial charge on any atom is 0.338 e. The van der Waals surface area contributed by atoms with Crippen LogP contribution in [0.4, 0.5) is 4.39 Å². The van der Waals surface area contributed by atoms with Gasteiger partial charge in [0.25, 0.3) is 0 Å². The van der Waals surface area contributed by atoms with Crippen LogP contribution in [0.5, 0.6) is 0 Å². The molecule has 3 aromatic carbocycles. The van der Waals surface area contributed by atoms with Crippen molar-refractivity contribution in [3.63, 3.8) is 0 Å². The summed E-state index contributed by atoms with van der Waals surface area (Å²) in [5.74, 6) is -1.03. The molecule has 3 nitrogen and oxygen atoms in total. The van der Waals surface area contributed by atoms with E-state index in [2.05, 4.69) is 0 Å². The highest BCUT2D eigenvalue weighted by Crippen LogP contribution is 2.27. The lowest BCUT2D eigenvalue weighted by molar-refractivity contribution is 0.0526. The zero-order valence-corrected chi connectivity index (χ0v) is 14.2. The Labute approximate surface area is 151 Å². The number of carbonyl (C=O) groups is 2. The van der Waals surface area contributed by atoms with E-state index in [1.54, 1.807) is 55.5 Å². The van der Waals surface area contributed by atoms with E-state index < -0.39 is 11.8 Å². The summed E-state index contributed by atoms with van der Waals surface area (Å²) < 4.78 is 18.8. The van der Waals surface area contributed by atoms with Gasteiger partial charge in [-0.05, 0) is 48.4 Å². The lowest BCUT2D eigenvalue weighted by atomic mass is 9.93. The van der Waals surface area contributed by atoms with E-state index in [1.807, 2.05) is 6.07 Å². The molecule has 0 atom stereocenters. The monoisotopic (exact) mass is 348 g/mol. The number of benzene rings is 3. The highest BCUT2D eigenvalue weighted by molar-refractivity contribution is 6.12. The van der Waals surface area contributed by atoms with Gasteiger partial charge >= 0.3 is 5.97 Å². The van der Waals surface area contributed by atoms with E-state index in [0.717, 1.165) is 0 Å². The molecule has 0 N–H and O–H groups in total. The normalized spacial score (nSPS) is 10.4. The quantitative estimate of drug-likeness (QED) is 0.486. The molecule has 3 aromatic rings. The first-order chi connectivity index (χ1) is 12.6. The third kappa shape index (κ3) is 3.70. The minimum atomic E-state index is -0.431. The molecule has 0 saturated carbocycles. The van der Waals surface area contributed by atoms with Gasteiger partial charge < -0.3 is 4.74 Å². The molecule has 0 aliphatic rings. The van der Waals surface area contributed by atoms with Crippen LogP contribution in [0.1, 0.15) is 33.2 Å². The second-order valence-electron chi connectivity index (χ2n) is 5.68. The number of esters is 1. The summed E-state index contributed by atoms with van der Waals surface area (Å²) >= 11 is 0. The summed E-state index contributed by atoms with van der Waals surface area (Å²) in [6.45, 7) is 2.03. The molecule has 0 unspecified atom stereocenters. The van der Waals surface area contributed by atoms with Crippen LogP contribution in [0.25, 0.3) is 11.1 Å². The number of hydrogen-bond acceptors (Lipinski definition) is 3. The Morgan fingerprint density at radius 2 is 1.58 bits per heavy atom. The molecule has 130 valence electrons. The lowest BCUT2D eigenvalue weighted by Crippen LogP contribution is -2.05. The topological polar surface area (TPSA) is 43.4 Å². The number of halogens is 1. The average Bonchev–Trinajstić information content (AvgIpc) is 2.68. The van der Waals surface area contributed by atoms with Crippen molar-refractivity contribution in [2.75, 3.05) is 6.61 Å². The molecule has 0 aliphatic carbocycles. The molecular formula is C22H17FO3. The number of hydrogen-bond donors (Lipinski definition) is 0. The number of carbonyl (C=O) groups excluding carboxylic acids is 2. The van der Waals surface area contributed by atoms with Crippen molar-refractivity contribution in [2.45, 2.75) is 6.92 Å². The molecule has 0 radical (unpaired) electrons. The Bertz CT molecular complexity index is 931. The fraction of sp³-hybridized carbons (Fsp3) is 0.0909. The molecule has 0 aromatic heterocycles. The molecule has 0 spiro atoms. The summed E-state index contributed by atoms with van der Waals surface area (Å²) in [6.07, 6.45) is 0. The van der Waals surface area contributed by atoms with Crippen molar-refractivity contribution in [2.24, 2.45) is 0 Å². The minimum absolute atomic E-state index is 0.185. The molecular weight excluding hydrogens is 331 g/mol. The number of ketones is 1.